The van der Waals surface area contributed by atoms with Crippen LogP contribution in [0.1, 0.15) is 65.5 Å². The standard InChI is InChI=1S/C19H26N4O4S2/c1-6-9-13-21-22-19(23(13)7-2)28-10-14(25)20-17-15(18(26)27-8-3)11(4)16(29-17)12(5)24/h6-10H2,1-5H3,(H,20,25). The molecular weight excluding hydrogens is 412 g/mol. The minimum atomic E-state index is -0.549. The second-order valence-corrected chi connectivity index (χ2v) is 8.23. The maximum absolute atomic E-state index is 12.5. The molecule has 0 saturated carbocycles. The Hall–Kier alpha value is -2.20. The van der Waals surface area contributed by atoms with Crippen molar-refractivity contribution < 1.29 is 19.1 Å². The third-order valence-corrected chi connectivity index (χ3v) is 6.39. The number of rotatable bonds is 10. The highest BCUT2D eigenvalue weighted by Crippen LogP contribution is 2.34. The van der Waals surface area contributed by atoms with E-state index in [1.165, 1.54) is 18.7 Å². The zero-order valence-electron chi connectivity index (χ0n) is 17.3. The Labute approximate surface area is 178 Å². The largest absolute Gasteiger partial charge is 0.462 e. The molecule has 1 N–H and O–H groups in total. The summed E-state index contributed by atoms with van der Waals surface area (Å²) in [6.07, 6.45) is 1.80. The maximum atomic E-state index is 12.5. The number of anilines is 1. The van der Waals surface area contributed by atoms with Crippen LogP contribution in [0.3, 0.4) is 0 Å². The fraction of sp³-hybridized carbons (Fsp3) is 0.526. The number of esters is 1. The molecule has 0 aromatic carbocycles. The molecule has 2 heterocycles. The van der Waals surface area contributed by atoms with Crippen molar-refractivity contribution >= 4 is 45.8 Å². The fourth-order valence-electron chi connectivity index (χ4n) is 2.83. The number of ketones is 1. The Bertz CT molecular complexity index is 904. The molecule has 0 aliphatic carbocycles. The highest BCUT2D eigenvalue weighted by molar-refractivity contribution is 7.99. The maximum Gasteiger partial charge on any atom is 0.341 e. The van der Waals surface area contributed by atoms with E-state index in [4.69, 9.17) is 4.74 Å². The van der Waals surface area contributed by atoms with Gasteiger partial charge in [0, 0.05) is 13.0 Å². The van der Waals surface area contributed by atoms with E-state index in [1.807, 2.05) is 11.5 Å². The van der Waals surface area contributed by atoms with Crippen LogP contribution in [-0.2, 0) is 22.5 Å². The Balaban J connectivity index is 2.15. The third kappa shape index (κ3) is 5.45. The monoisotopic (exact) mass is 438 g/mol. The first kappa shape index (κ1) is 23.1. The molecule has 0 fully saturated rings. The van der Waals surface area contributed by atoms with Gasteiger partial charge in [-0.05, 0) is 39.7 Å². The Kier molecular flexibility index (Phi) is 8.39. The molecule has 0 aliphatic rings. The summed E-state index contributed by atoms with van der Waals surface area (Å²) in [5, 5.41) is 12.1. The Morgan fingerprint density at radius 2 is 1.93 bits per heavy atom. The number of thiophene rings is 1. The van der Waals surface area contributed by atoms with E-state index in [2.05, 4.69) is 22.4 Å². The minimum absolute atomic E-state index is 0.110. The van der Waals surface area contributed by atoms with Gasteiger partial charge in [0.15, 0.2) is 10.9 Å². The summed E-state index contributed by atoms with van der Waals surface area (Å²) in [6.45, 7) is 9.84. The lowest BCUT2D eigenvalue weighted by Gasteiger charge is -2.08. The van der Waals surface area contributed by atoms with Gasteiger partial charge in [0.05, 0.1) is 22.8 Å². The van der Waals surface area contributed by atoms with Gasteiger partial charge in [0.2, 0.25) is 5.91 Å². The molecule has 8 nitrogen and oxygen atoms in total. The van der Waals surface area contributed by atoms with Gasteiger partial charge in [0.1, 0.15) is 10.8 Å². The molecule has 0 spiro atoms. The normalized spacial score (nSPS) is 10.8. The number of hydrogen-bond acceptors (Lipinski definition) is 8. The van der Waals surface area contributed by atoms with E-state index >= 15 is 0 Å². The summed E-state index contributed by atoms with van der Waals surface area (Å²) < 4.78 is 7.08. The molecule has 1 amide bonds. The zero-order valence-corrected chi connectivity index (χ0v) is 19.0. The summed E-state index contributed by atoms with van der Waals surface area (Å²) in [5.74, 6) is 0.0138. The first-order valence-electron chi connectivity index (χ1n) is 9.50. The van der Waals surface area contributed by atoms with Crippen LogP contribution in [-0.4, -0.2) is 44.8 Å². The summed E-state index contributed by atoms with van der Waals surface area (Å²) >= 11 is 2.38. The number of ether oxygens (including phenoxy) is 1. The number of Topliss-reactive ketones (excluding diaryl/α,β-unsaturated/α-hetero) is 1. The van der Waals surface area contributed by atoms with Gasteiger partial charge in [-0.3, -0.25) is 9.59 Å². The van der Waals surface area contributed by atoms with Crippen molar-refractivity contribution in [2.45, 2.75) is 59.2 Å². The van der Waals surface area contributed by atoms with Crippen LogP contribution in [0.2, 0.25) is 0 Å². The molecule has 0 atom stereocenters. The number of aryl methyl sites for hydroxylation is 1. The second kappa shape index (κ2) is 10.5. The molecular formula is C19H26N4O4S2. The van der Waals surface area contributed by atoms with E-state index in [0.717, 1.165) is 36.5 Å². The molecule has 0 bridgehead atoms. The highest BCUT2D eigenvalue weighted by Gasteiger charge is 2.25. The van der Waals surface area contributed by atoms with Crippen molar-refractivity contribution in [2.24, 2.45) is 0 Å². The van der Waals surface area contributed by atoms with E-state index in [-0.39, 0.29) is 29.6 Å². The van der Waals surface area contributed by atoms with E-state index in [9.17, 15) is 14.4 Å². The molecule has 29 heavy (non-hydrogen) atoms. The predicted molar refractivity (Wildman–Crippen MR) is 114 cm³/mol. The van der Waals surface area contributed by atoms with Gasteiger partial charge >= 0.3 is 5.97 Å². The number of carbonyl (C=O) groups excluding carboxylic acids is 3. The molecule has 2 rings (SSSR count). The molecule has 0 unspecified atom stereocenters. The summed E-state index contributed by atoms with van der Waals surface area (Å²) in [5.41, 5.74) is 0.765. The van der Waals surface area contributed by atoms with Crippen molar-refractivity contribution in [3.8, 4) is 0 Å². The molecule has 2 aromatic rings. The van der Waals surface area contributed by atoms with Gasteiger partial charge in [0.25, 0.3) is 0 Å². The molecule has 2 aromatic heterocycles. The number of carbonyl (C=O) groups is 3. The van der Waals surface area contributed by atoms with Crippen molar-refractivity contribution in [2.75, 3.05) is 17.7 Å². The van der Waals surface area contributed by atoms with Crippen LogP contribution in [0, 0.1) is 6.92 Å². The van der Waals surface area contributed by atoms with Gasteiger partial charge in [-0.25, -0.2) is 4.79 Å². The SMILES string of the molecule is CCCc1nnc(SCC(=O)Nc2sc(C(C)=O)c(C)c2C(=O)OCC)n1CC. The lowest BCUT2D eigenvalue weighted by molar-refractivity contribution is -0.113. The predicted octanol–water partition coefficient (Wildman–Crippen LogP) is 3.73. The Morgan fingerprint density at radius 1 is 1.21 bits per heavy atom. The van der Waals surface area contributed by atoms with Gasteiger partial charge in [-0.2, -0.15) is 0 Å². The lowest BCUT2D eigenvalue weighted by atomic mass is 10.1. The number of nitrogens with zero attached hydrogens (tertiary/aromatic N) is 3. The van der Waals surface area contributed by atoms with Crippen LogP contribution in [0.5, 0.6) is 0 Å². The quantitative estimate of drug-likeness (QED) is 0.342. The molecule has 158 valence electrons. The highest BCUT2D eigenvalue weighted by atomic mass is 32.2. The van der Waals surface area contributed by atoms with Gasteiger partial charge in [-0.1, -0.05) is 18.7 Å². The van der Waals surface area contributed by atoms with Crippen molar-refractivity contribution in [3.63, 3.8) is 0 Å². The summed E-state index contributed by atoms with van der Waals surface area (Å²) in [6, 6.07) is 0. The number of aromatic nitrogens is 3. The van der Waals surface area contributed by atoms with E-state index < -0.39 is 5.97 Å². The van der Waals surface area contributed by atoms with Crippen LogP contribution in [0.4, 0.5) is 5.00 Å². The van der Waals surface area contributed by atoms with Crippen LogP contribution >= 0.6 is 23.1 Å². The summed E-state index contributed by atoms with van der Waals surface area (Å²) in [7, 11) is 0. The second-order valence-electron chi connectivity index (χ2n) is 6.27. The molecule has 0 radical (unpaired) electrons. The van der Waals surface area contributed by atoms with Crippen LogP contribution < -0.4 is 5.32 Å². The topological polar surface area (TPSA) is 103 Å². The number of hydrogen-bond donors (Lipinski definition) is 1. The number of nitrogens with one attached hydrogen (secondary N) is 1. The fourth-order valence-corrected chi connectivity index (χ4v) is 4.76. The average Bonchev–Trinajstić information content (AvgIpc) is 3.20. The minimum Gasteiger partial charge on any atom is -0.462 e. The number of thioether (sulfide) groups is 1. The smallest absolute Gasteiger partial charge is 0.341 e. The van der Waals surface area contributed by atoms with E-state index in [1.54, 1.807) is 13.8 Å². The van der Waals surface area contributed by atoms with Gasteiger partial charge < -0.3 is 14.6 Å². The van der Waals surface area contributed by atoms with Crippen molar-refractivity contribution in [1.29, 1.82) is 0 Å². The van der Waals surface area contributed by atoms with Crippen LogP contribution in [0.15, 0.2) is 5.16 Å². The molecule has 0 aliphatic heterocycles. The third-order valence-electron chi connectivity index (χ3n) is 4.11. The molecule has 10 heteroatoms. The van der Waals surface area contributed by atoms with E-state index in [0.29, 0.717) is 20.6 Å². The molecule has 0 saturated heterocycles. The first-order valence-corrected chi connectivity index (χ1v) is 11.3. The van der Waals surface area contributed by atoms with Crippen LogP contribution in [0.25, 0.3) is 0 Å². The summed E-state index contributed by atoms with van der Waals surface area (Å²) in [4.78, 5) is 37.1. The lowest BCUT2D eigenvalue weighted by Crippen LogP contribution is -2.17. The Morgan fingerprint density at radius 3 is 2.52 bits per heavy atom. The zero-order chi connectivity index (χ0) is 21.6. The van der Waals surface area contributed by atoms with Crippen molar-refractivity contribution in [3.05, 3.63) is 21.8 Å². The van der Waals surface area contributed by atoms with Gasteiger partial charge in [-0.15, -0.1) is 21.5 Å². The van der Waals surface area contributed by atoms with Crippen molar-refractivity contribution in [1.82, 2.24) is 14.8 Å². The first-order chi connectivity index (χ1) is 13.8. The number of amides is 1. The average molecular weight is 439 g/mol.